The molecule has 6 heteroatoms. The van der Waals surface area contributed by atoms with E-state index >= 15 is 0 Å². The van der Waals surface area contributed by atoms with Gasteiger partial charge in [-0.2, -0.15) is 0 Å². The summed E-state index contributed by atoms with van der Waals surface area (Å²) in [5, 5.41) is 0. The van der Waals surface area contributed by atoms with Crippen molar-refractivity contribution in [1.29, 1.82) is 0 Å². The molecule has 1 saturated carbocycles. The zero-order chi connectivity index (χ0) is 16.2. The van der Waals surface area contributed by atoms with Crippen LogP contribution in [0.1, 0.15) is 18.4 Å². The maximum absolute atomic E-state index is 11.6. The van der Waals surface area contributed by atoms with Crippen molar-refractivity contribution in [2.45, 2.75) is 31.5 Å². The Morgan fingerprint density at radius 2 is 2.30 bits per heavy atom. The fourth-order valence-corrected chi connectivity index (χ4v) is 3.52. The lowest BCUT2D eigenvalue weighted by molar-refractivity contribution is -0.134. The molecule has 0 spiro atoms. The minimum Gasteiger partial charge on any atom is -0.472 e. The Balaban J connectivity index is 1.49. The Morgan fingerprint density at radius 3 is 3.04 bits per heavy atom. The number of likely N-dealkylation sites (N-methyl/N-ethyl adjacent to an activating group) is 1. The summed E-state index contributed by atoms with van der Waals surface area (Å²) in [4.78, 5) is 15.6. The molecule has 23 heavy (non-hydrogen) atoms. The second-order valence-corrected chi connectivity index (χ2v) is 6.72. The van der Waals surface area contributed by atoms with Gasteiger partial charge in [-0.1, -0.05) is 0 Å². The molecular formula is C17H26N2O4. The summed E-state index contributed by atoms with van der Waals surface area (Å²) in [5.41, 5.74) is 1.21. The van der Waals surface area contributed by atoms with Crippen molar-refractivity contribution in [3.05, 3.63) is 24.2 Å². The SMILES string of the molecule is CN(C)C(=O)COC[C@@H]1C[C@@H]2OCCN(Cc3ccoc3)[C@H]2C1. The van der Waals surface area contributed by atoms with Crippen LogP contribution < -0.4 is 0 Å². The highest BCUT2D eigenvalue weighted by molar-refractivity contribution is 5.76. The summed E-state index contributed by atoms with van der Waals surface area (Å²) in [6, 6.07) is 2.46. The van der Waals surface area contributed by atoms with Crippen molar-refractivity contribution >= 4 is 5.91 Å². The second-order valence-electron chi connectivity index (χ2n) is 6.72. The lowest BCUT2D eigenvalue weighted by atomic mass is 10.1. The fourth-order valence-electron chi connectivity index (χ4n) is 3.52. The van der Waals surface area contributed by atoms with E-state index in [9.17, 15) is 4.79 Å². The molecule has 2 aliphatic rings. The van der Waals surface area contributed by atoms with Crippen LogP contribution in [0.25, 0.3) is 0 Å². The molecule has 1 saturated heterocycles. The average molecular weight is 322 g/mol. The number of carbonyl (C=O) groups excluding carboxylic acids is 1. The van der Waals surface area contributed by atoms with Crippen molar-refractivity contribution < 1.29 is 18.7 Å². The van der Waals surface area contributed by atoms with Crippen LogP contribution in [0.15, 0.2) is 23.0 Å². The summed E-state index contributed by atoms with van der Waals surface area (Å²) in [6.07, 6.45) is 5.91. The number of carbonyl (C=O) groups is 1. The van der Waals surface area contributed by atoms with Crippen LogP contribution >= 0.6 is 0 Å². The number of ether oxygens (including phenoxy) is 2. The van der Waals surface area contributed by atoms with E-state index in [2.05, 4.69) is 4.90 Å². The van der Waals surface area contributed by atoms with Gasteiger partial charge < -0.3 is 18.8 Å². The van der Waals surface area contributed by atoms with E-state index in [1.807, 2.05) is 12.3 Å². The van der Waals surface area contributed by atoms with E-state index in [-0.39, 0.29) is 18.6 Å². The molecule has 2 fully saturated rings. The molecule has 0 radical (unpaired) electrons. The number of hydrogen-bond acceptors (Lipinski definition) is 5. The Labute approximate surface area is 137 Å². The van der Waals surface area contributed by atoms with Gasteiger partial charge in [0.25, 0.3) is 0 Å². The van der Waals surface area contributed by atoms with Gasteiger partial charge in [-0.25, -0.2) is 0 Å². The molecule has 0 bridgehead atoms. The fraction of sp³-hybridized carbons (Fsp3) is 0.706. The summed E-state index contributed by atoms with van der Waals surface area (Å²) in [7, 11) is 3.49. The predicted molar refractivity (Wildman–Crippen MR) is 84.9 cm³/mol. The van der Waals surface area contributed by atoms with Gasteiger partial charge in [-0.3, -0.25) is 9.69 Å². The van der Waals surface area contributed by atoms with E-state index in [1.165, 1.54) is 5.56 Å². The number of fused-ring (bicyclic) bond motifs is 1. The first-order valence-corrected chi connectivity index (χ1v) is 8.28. The first-order valence-electron chi connectivity index (χ1n) is 8.28. The molecule has 3 rings (SSSR count). The van der Waals surface area contributed by atoms with Crippen molar-refractivity contribution in [3.63, 3.8) is 0 Å². The first kappa shape index (κ1) is 16.5. The lowest BCUT2D eigenvalue weighted by Gasteiger charge is -2.37. The van der Waals surface area contributed by atoms with Crippen LogP contribution in [-0.4, -0.2) is 68.3 Å². The minimum atomic E-state index is 0.0123. The van der Waals surface area contributed by atoms with Crippen molar-refractivity contribution in [3.8, 4) is 0 Å². The Kier molecular flexibility index (Phi) is 5.35. The second kappa shape index (κ2) is 7.47. The van der Waals surface area contributed by atoms with Gasteiger partial charge in [0.05, 0.1) is 31.8 Å². The number of furan rings is 1. The molecular weight excluding hydrogens is 296 g/mol. The maximum Gasteiger partial charge on any atom is 0.248 e. The number of morpholine rings is 1. The van der Waals surface area contributed by atoms with Gasteiger partial charge in [-0.15, -0.1) is 0 Å². The summed E-state index contributed by atoms with van der Waals surface area (Å²) in [5.74, 6) is 0.475. The summed E-state index contributed by atoms with van der Waals surface area (Å²) in [6.45, 7) is 3.45. The highest BCUT2D eigenvalue weighted by Crippen LogP contribution is 2.35. The zero-order valence-electron chi connectivity index (χ0n) is 13.9. The molecule has 3 atom stereocenters. The Bertz CT molecular complexity index is 503. The van der Waals surface area contributed by atoms with E-state index in [4.69, 9.17) is 13.9 Å². The van der Waals surface area contributed by atoms with Gasteiger partial charge in [0.2, 0.25) is 5.91 Å². The average Bonchev–Trinajstić information content (AvgIpc) is 3.16. The molecule has 1 aliphatic heterocycles. The largest absolute Gasteiger partial charge is 0.472 e. The monoisotopic (exact) mass is 322 g/mol. The van der Waals surface area contributed by atoms with Crippen LogP contribution in [0.2, 0.25) is 0 Å². The Hall–Kier alpha value is -1.37. The normalized spacial score (nSPS) is 27.8. The lowest BCUT2D eigenvalue weighted by Crippen LogP contribution is -2.47. The van der Waals surface area contributed by atoms with Crippen LogP contribution in [0.4, 0.5) is 0 Å². The van der Waals surface area contributed by atoms with E-state index in [0.717, 1.165) is 32.5 Å². The number of nitrogens with zero attached hydrogens (tertiary/aromatic N) is 2. The number of hydrogen-bond donors (Lipinski definition) is 0. The minimum absolute atomic E-state index is 0.0123. The highest BCUT2D eigenvalue weighted by atomic mass is 16.5. The van der Waals surface area contributed by atoms with Crippen LogP contribution in [0.5, 0.6) is 0 Å². The molecule has 1 aromatic heterocycles. The van der Waals surface area contributed by atoms with E-state index in [0.29, 0.717) is 18.6 Å². The molecule has 2 heterocycles. The van der Waals surface area contributed by atoms with Crippen molar-refractivity contribution in [1.82, 2.24) is 9.80 Å². The molecule has 1 amide bonds. The van der Waals surface area contributed by atoms with Crippen molar-refractivity contribution in [2.24, 2.45) is 5.92 Å². The summed E-state index contributed by atoms with van der Waals surface area (Å²) >= 11 is 0. The first-order chi connectivity index (χ1) is 11.1. The predicted octanol–water partition coefficient (Wildman–Crippen LogP) is 1.36. The Morgan fingerprint density at radius 1 is 1.43 bits per heavy atom. The molecule has 1 aliphatic carbocycles. The van der Waals surface area contributed by atoms with Gasteiger partial charge in [0.15, 0.2) is 0 Å². The number of amides is 1. The summed E-state index contributed by atoms with van der Waals surface area (Å²) < 4.78 is 16.7. The van der Waals surface area contributed by atoms with Gasteiger partial charge in [0, 0.05) is 38.8 Å². The molecule has 0 aromatic carbocycles. The topological polar surface area (TPSA) is 55.2 Å². The van der Waals surface area contributed by atoms with Gasteiger partial charge in [0.1, 0.15) is 6.61 Å². The smallest absolute Gasteiger partial charge is 0.248 e. The van der Waals surface area contributed by atoms with Crippen LogP contribution in [-0.2, 0) is 20.8 Å². The molecule has 0 unspecified atom stereocenters. The van der Waals surface area contributed by atoms with Gasteiger partial charge in [-0.05, 0) is 24.8 Å². The quantitative estimate of drug-likeness (QED) is 0.792. The standard InChI is InChI=1S/C17H26N2O4/c1-18(2)17(20)12-22-11-14-7-15-16(8-14)23-6-4-19(15)9-13-3-5-21-10-13/h3,5,10,14-16H,4,6-9,11-12H2,1-2H3/t14-,15-,16-/m0/s1. The number of rotatable bonds is 6. The third-order valence-corrected chi connectivity index (χ3v) is 4.79. The third-order valence-electron chi connectivity index (χ3n) is 4.79. The highest BCUT2D eigenvalue weighted by Gasteiger charge is 2.41. The molecule has 128 valence electrons. The van der Waals surface area contributed by atoms with Gasteiger partial charge >= 0.3 is 0 Å². The van der Waals surface area contributed by atoms with E-state index < -0.39 is 0 Å². The van der Waals surface area contributed by atoms with Crippen LogP contribution in [0, 0.1) is 5.92 Å². The zero-order valence-corrected chi connectivity index (χ0v) is 13.9. The van der Waals surface area contributed by atoms with Crippen molar-refractivity contribution in [2.75, 3.05) is 40.5 Å². The molecule has 1 aromatic rings. The van der Waals surface area contributed by atoms with E-state index in [1.54, 1.807) is 25.3 Å². The maximum atomic E-state index is 11.6. The molecule has 6 nitrogen and oxygen atoms in total. The van der Waals surface area contributed by atoms with Crippen LogP contribution in [0.3, 0.4) is 0 Å². The third kappa shape index (κ3) is 4.13. The molecule has 0 N–H and O–H groups in total.